The highest BCUT2D eigenvalue weighted by Gasteiger charge is 2.31. The highest BCUT2D eigenvalue weighted by molar-refractivity contribution is 6.34. The molecule has 2 aromatic carbocycles. The van der Waals surface area contributed by atoms with Crippen molar-refractivity contribution in [1.29, 1.82) is 0 Å². The Balaban J connectivity index is 2.22. The van der Waals surface area contributed by atoms with Crippen molar-refractivity contribution in [2.24, 2.45) is 0 Å². The molecule has 2 nitrogen and oxygen atoms in total. The van der Waals surface area contributed by atoms with Crippen molar-refractivity contribution in [2.45, 2.75) is 6.36 Å². The predicted molar refractivity (Wildman–Crippen MR) is 77.9 cm³/mol. The molecule has 0 N–H and O–H groups in total. The van der Waals surface area contributed by atoms with Gasteiger partial charge in [-0.05, 0) is 29.8 Å². The number of alkyl halides is 3. The van der Waals surface area contributed by atoms with Gasteiger partial charge in [-0.2, -0.15) is 0 Å². The highest BCUT2D eigenvalue weighted by atomic mass is 35.5. The minimum atomic E-state index is -4.83. The number of carbonyl (C=O) groups is 1. The third-order valence-corrected chi connectivity index (χ3v) is 2.99. The van der Waals surface area contributed by atoms with Crippen LogP contribution in [0.4, 0.5) is 13.2 Å². The van der Waals surface area contributed by atoms with Gasteiger partial charge in [0, 0.05) is 5.56 Å². The van der Waals surface area contributed by atoms with Gasteiger partial charge in [-0.15, -0.1) is 13.2 Å². The van der Waals surface area contributed by atoms with E-state index in [1.54, 1.807) is 30.3 Å². The molecule has 0 radical (unpaired) electrons. The zero-order chi connectivity index (χ0) is 16.2. The van der Waals surface area contributed by atoms with Gasteiger partial charge < -0.3 is 4.74 Å². The number of ether oxygens (including phenoxy) is 1. The summed E-state index contributed by atoms with van der Waals surface area (Å²) in [5.41, 5.74) is 0.727. The van der Waals surface area contributed by atoms with Crippen molar-refractivity contribution in [3.8, 4) is 5.75 Å². The maximum absolute atomic E-state index is 12.2. The summed E-state index contributed by atoms with van der Waals surface area (Å²) in [6.07, 6.45) is -2.03. The number of rotatable bonds is 4. The zero-order valence-electron chi connectivity index (χ0n) is 11.1. The van der Waals surface area contributed by atoms with Crippen LogP contribution in [0.15, 0.2) is 54.6 Å². The largest absolute Gasteiger partial charge is 0.573 e. The third-order valence-electron chi connectivity index (χ3n) is 2.66. The van der Waals surface area contributed by atoms with Gasteiger partial charge in [-0.25, -0.2) is 0 Å². The second-order valence-electron chi connectivity index (χ2n) is 4.30. The van der Waals surface area contributed by atoms with Crippen LogP contribution in [-0.2, 0) is 0 Å². The van der Waals surface area contributed by atoms with Gasteiger partial charge in [0.1, 0.15) is 5.75 Å². The van der Waals surface area contributed by atoms with E-state index in [9.17, 15) is 18.0 Å². The minimum Gasteiger partial charge on any atom is -0.406 e. The lowest BCUT2D eigenvalue weighted by Crippen LogP contribution is -2.17. The van der Waals surface area contributed by atoms with Crippen LogP contribution < -0.4 is 4.74 Å². The topological polar surface area (TPSA) is 26.3 Å². The summed E-state index contributed by atoms with van der Waals surface area (Å²) >= 11 is 5.85. The van der Waals surface area contributed by atoms with E-state index < -0.39 is 17.9 Å². The number of hydrogen-bond acceptors (Lipinski definition) is 2. The Labute approximate surface area is 129 Å². The van der Waals surface area contributed by atoms with Crippen LogP contribution in [0.5, 0.6) is 5.75 Å². The molecule has 0 aliphatic heterocycles. The molecule has 22 heavy (non-hydrogen) atoms. The maximum atomic E-state index is 12.2. The standard InChI is InChI=1S/C16H10ClF3O2/c17-14-8-7-12(22-16(18,19)20)10-13(14)15(21)9-6-11-4-2-1-3-5-11/h1-10H/b9-6+. The van der Waals surface area contributed by atoms with Crippen LogP contribution in [-0.4, -0.2) is 12.1 Å². The number of ketones is 1. The van der Waals surface area contributed by atoms with Crippen LogP contribution in [0.2, 0.25) is 5.02 Å². The van der Waals surface area contributed by atoms with Crippen molar-refractivity contribution in [1.82, 2.24) is 0 Å². The van der Waals surface area contributed by atoms with E-state index >= 15 is 0 Å². The molecule has 0 aliphatic carbocycles. The van der Waals surface area contributed by atoms with Gasteiger partial charge in [0.05, 0.1) is 5.02 Å². The van der Waals surface area contributed by atoms with Crippen molar-refractivity contribution >= 4 is 23.5 Å². The summed E-state index contributed by atoms with van der Waals surface area (Å²) in [5.74, 6) is -1.00. The average Bonchev–Trinajstić information content (AvgIpc) is 2.46. The van der Waals surface area contributed by atoms with Gasteiger partial charge in [0.25, 0.3) is 0 Å². The molecular weight excluding hydrogens is 317 g/mol. The molecule has 0 aromatic heterocycles. The molecule has 0 heterocycles. The molecule has 2 aromatic rings. The Hall–Kier alpha value is -2.27. The smallest absolute Gasteiger partial charge is 0.406 e. The first-order chi connectivity index (χ1) is 10.3. The molecule has 0 fully saturated rings. The van der Waals surface area contributed by atoms with Gasteiger partial charge in [0.15, 0.2) is 5.78 Å². The second kappa shape index (κ2) is 6.66. The van der Waals surface area contributed by atoms with Crippen LogP contribution in [0, 0.1) is 0 Å². The lowest BCUT2D eigenvalue weighted by Gasteiger charge is -2.10. The lowest BCUT2D eigenvalue weighted by molar-refractivity contribution is -0.274. The number of carbonyl (C=O) groups excluding carboxylic acids is 1. The molecular formula is C16H10ClF3O2. The van der Waals surface area contributed by atoms with Gasteiger partial charge in [0.2, 0.25) is 0 Å². The number of allylic oxidation sites excluding steroid dienone is 1. The molecule has 0 atom stereocenters. The predicted octanol–water partition coefficient (Wildman–Crippen LogP) is 5.13. The summed E-state index contributed by atoms with van der Waals surface area (Å²) in [4.78, 5) is 12.0. The van der Waals surface area contributed by atoms with Crippen molar-refractivity contribution < 1.29 is 22.7 Å². The van der Waals surface area contributed by atoms with Gasteiger partial charge in [-0.1, -0.05) is 48.0 Å². The van der Waals surface area contributed by atoms with Crippen LogP contribution in [0.1, 0.15) is 15.9 Å². The third kappa shape index (κ3) is 4.63. The molecule has 0 bridgehead atoms. The van der Waals surface area contributed by atoms with Crippen LogP contribution >= 0.6 is 11.6 Å². The fourth-order valence-electron chi connectivity index (χ4n) is 1.72. The molecule has 0 unspecified atom stereocenters. The van der Waals surface area contributed by atoms with Gasteiger partial charge >= 0.3 is 6.36 Å². The Morgan fingerprint density at radius 3 is 2.41 bits per heavy atom. The second-order valence-corrected chi connectivity index (χ2v) is 4.70. The van der Waals surface area contributed by atoms with E-state index in [0.717, 1.165) is 17.7 Å². The first kappa shape index (κ1) is 16.1. The Morgan fingerprint density at radius 1 is 1.09 bits per heavy atom. The van der Waals surface area contributed by atoms with E-state index in [-0.39, 0.29) is 10.6 Å². The fraction of sp³-hybridized carbons (Fsp3) is 0.0625. The zero-order valence-corrected chi connectivity index (χ0v) is 11.9. The average molecular weight is 327 g/mol. The Morgan fingerprint density at radius 2 is 1.77 bits per heavy atom. The van der Waals surface area contributed by atoms with Crippen molar-refractivity contribution in [3.05, 3.63) is 70.8 Å². The number of halogens is 4. The summed E-state index contributed by atoms with van der Waals surface area (Å²) in [6, 6.07) is 12.2. The van der Waals surface area contributed by atoms with Crippen molar-refractivity contribution in [3.63, 3.8) is 0 Å². The molecule has 114 valence electrons. The van der Waals surface area contributed by atoms with E-state index in [4.69, 9.17) is 11.6 Å². The molecule has 0 spiro atoms. The quantitative estimate of drug-likeness (QED) is 0.575. The summed E-state index contributed by atoms with van der Waals surface area (Å²) in [5, 5.41) is 0.0530. The molecule has 6 heteroatoms. The molecule has 0 saturated heterocycles. The Bertz CT molecular complexity index is 694. The Kier molecular flexibility index (Phi) is 4.88. The van der Waals surface area contributed by atoms with Crippen LogP contribution in [0.25, 0.3) is 6.08 Å². The lowest BCUT2D eigenvalue weighted by atomic mass is 10.1. The molecule has 0 saturated carbocycles. The van der Waals surface area contributed by atoms with E-state index in [0.29, 0.717) is 0 Å². The summed E-state index contributed by atoms with van der Waals surface area (Å²) in [7, 11) is 0. The first-order valence-corrected chi connectivity index (χ1v) is 6.56. The van der Waals surface area contributed by atoms with E-state index in [1.165, 1.54) is 12.1 Å². The van der Waals surface area contributed by atoms with E-state index in [2.05, 4.69) is 4.74 Å². The SMILES string of the molecule is O=C(/C=C/c1ccccc1)c1cc(OC(F)(F)F)ccc1Cl. The van der Waals surface area contributed by atoms with E-state index in [1.807, 2.05) is 6.07 Å². The summed E-state index contributed by atoms with van der Waals surface area (Å²) in [6.45, 7) is 0. The molecule has 0 aliphatic rings. The minimum absolute atomic E-state index is 0.0530. The van der Waals surface area contributed by atoms with Crippen LogP contribution in [0.3, 0.4) is 0 Å². The van der Waals surface area contributed by atoms with Crippen molar-refractivity contribution in [2.75, 3.05) is 0 Å². The maximum Gasteiger partial charge on any atom is 0.573 e. The monoisotopic (exact) mass is 326 g/mol. The number of hydrogen-bond donors (Lipinski definition) is 0. The summed E-state index contributed by atoms with van der Waals surface area (Å²) < 4.78 is 40.3. The fourth-order valence-corrected chi connectivity index (χ4v) is 1.93. The normalized spacial score (nSPS) is 11.6. The van der Waals surface area contributed by atoms with Gasteiger partial charge in [-0.3, -0.25) is 4.79 Å². The first-order valence-electron chi connectivity index (χ1n) is 6.18. The molecule has 0 amide bonds. The number of benzene rings is 2. The molecule has 2 rings (SSSR count). The highest BCUT2D eigenvalue weighted by Crippen LogP contribution is 2.27.